The maximum atomic E-state index is 13.3. The highest BCUT2D eigenvalue weighted by atomic mass is 19.2. The standard InChI is InChI=1S/C15H15F3N4O/c1-8-19-14(21-20-8)11-7-22(6-10(11)5-16)15(23)9-2-3-12(17)13(18)4-9/h2-4,10-11H,5-7H2,1H3,(H,19,20,21)/t10-,11-/m1/s1. The number of halogens is 3. The first-order valence-corrected chi connectivity index (χ1v) is 7.18. The van der Waals surface area contributed by atoms with Crippen LogP contribution in [0.15, 0.2) is 18.2 Å². The lowest BCUT2D eigenvalue weighted by atomic mass is 9.97. The minimum Gasteiger partial charge on any atom is -0.337 e. The van der Waals surface area contributed by atoms with Gasteiger partial charge in [-0.3, -0.25) is 14.3 Å². The molecule has 23 heavy (non-hydrogen) atoms. The molecule has 0 aliphatic carbocycles. The molecule has 1 aliphatic rings. The average molecular weight is 324 g/mol. The number of carbonyl (C=O) groups is 1. The van der Waals surface area contributed by atoms with Crippen molar-refractivity contribution in [2.24, 2.45) is 5.92 Å². The van der Waals surface area contributed by atoms with Crippen molar-refractivity contribution in [3.8, 4) is 0 Å². The van der Waals surface area contributed by atoms with Crippen molar-refractivity contribution in [3.05, 3.63) is 47.0 Å². The lowest BCUT2D eigenvalue weighted by Gasteiger charge is -2.16. The number of nitrogens with one attached hydrogen (secondary N) is 1. The van der Waals surface area contributed by atoms with Crippen molar-refractivity contribution in [3.63, 3.8) is 0 Å². The molecule has 0 bridgehead atoms. The van der Waals surface area contributed by atoms with Crippen LogP contribution in [0.3, 0.4) is 0 Å². The molecule has 0 spiro atoms. The lowest BCUT2D eigenvalue weighted by Crippen LogP contribution is -2.29. The topological polar surface area (TPSA) is 61.9 Å². The van der Waals surface area contributed by atoms with Crippen molar-refractivity contribution < 1.29 is 18.0 Å². The number of nitrogens with zero attached hydrogens (tertiary/aromatic N) is 3. The Labute approximate surface area is 130 Å². The predicted molar refractivity (Wildman–Crippen MR) is 75.6 cm³/mol. The molecule has 1 aliphatic heterocycles. The Bertz CT molecular complexity index is 733. The van der Waals surface area contributed by atoms with Gasteiger partial charge in [-0.25, -0.2) is 13.8 Å². The Morgan fingerprint density at radius 3 is 2.74 bits per heavy atom. The van der Waals surface area contributed by atoms with Gasteiger partial charge in [0.1, 0.15) is 5.82 Å². The van der Waals surface area contributed by atoms with E-state index in [4.69, 9.17) is 0 Å². The van der Waals surface area contributed by atoms with Gasteiger partial charge in [-0.1, -0.05) is 0 Å². The van der Waals surface area contributed by atoms with Crippen molar-refractivity contribution in [1.82, 2.24) is 20.1 Å². The monoisotopic (exact) mass is 324 g/mol. The molecule has 1 N–H and O–H groups in total. The number of likely N-dealkylation sites (tertiary alicyclic amines) is 1. The number of carbonyl (C=O) groups excluding carboxylic acids is 1. The molecule has 0 radical (unpaired) electrons. The van der Waals surface area contributed by atoms with E-state index in [-0.39, 0.29) is 24.6 Å². The van der Waals surface area contributed by atoms with Gasteiger partial charge >= 0.3 is 0 Å². The maximum Gasteiger partial charge on any atom is 0.253 e. The summed E-state index contributed by atoms with van der Waals surface area (Å²) in [5.74, 6) is -2.22. The summed E-state index contributed by atoms with van der Waals surface area (Å²) in [6.07, 6.45) is 0. The number of aryl methyl sites for hydroxylation is 1. The number of alkyl halides is 1. The largest absolute Gasteiger partial charge is 0.337 e. The summed E-state index contributed by atoms with van der Waals surface area (Å²) in [5, 5.41) is 6.74. The van der Waals surface area contributed by atoms with Gasteiger partial charge < -0.3 is 4.90 Å². The quantitative estimate of drug-likeness (QED) is 0.942. The minimum absolute atomic E-state index is 0.0355. The maximum absolute atomic E-state index is 13.3. The van der Waals surface area contributed by atoms with E-state index in [1.807, 2.05) is 0 Å². The predicted octanol–water partition coefficient (Wildman–Crippen LogP) is 2.22. The first-order valence-electron chi connectivity index (χ1n) is 7.18. The second kappa shape index (κ2) is 6.02. The van der Waals surface area contributed by atoms with Crippen LogP contribution in [0, 0.1) is 24.5 Å². The van der Waals surface area contributed by atoms with E-state index in [9.17, 15) is 18.0 Å². The highest BCUT2D eigenvalue weighted by Crippen LogP contribution is 2.32. The zero-order valence-electron chi connectivity index (χ0n) is 12.4. The van der Waals surface area contributed by atoms with Crippen LogP contribution in [-0.4, -0.2) is 45.8 Å². The second-order valence-electron chi connectivity index (χ2n) is 5.64. The first-order chi connectivity index (χ1) is 11.0. The van der Waals surface area contributed by atoms with Crippen LogP contribution in [0.25, 0.3) is 0 Å². The van der Waals surface area contributed by atoms with Gasteiger partial charge in [0.15, 0.2) is 17.5 Å². The molecule has 1 saturated heterocycles. The molecular weight excluding hydrogens is 309 g/mol. The Morgan fingerprint density at radius 1 is 1.35 bits per heavy atom. The van der Waals surface area contributed by atoms with Gasteiger partial charge in [-0.15, -0.1) is 0 Å². The van der Waals surface area contributed by atoms with E-state index in [2.05, 4.69) is 15.2 Å². The van der Waals surface area contributed by atoms with Gasteiger partial charge in [0.05, 0.1) is 6.67 Å². The van der Waals surface area contributed by atoms with Crippen LogP contribution in [0.5, 0.6) is 0 Å². The lowest BCUT2D eigenvalue weighted by molar-refractivity contribution is 0.0784. The van der Waals surface area contributed by atoms with E-state index in [0.29, 0.717) is 11.6 Å². The molecule has 5 nitrogen and oxygen atoms in total. The molecule has 2 atom stereocenters. The van der Waals surface area contributed by atoms with Gasteiger partial charge in [0.25, 0.3) is 5.91 Å². The number of hydrogen-bond donors (Lipinski definition) is 1. The summed E-state index contributed by atoms with van der Waals surface area (Å²) < 4.78 is 39.5. The highest BCUT2D eigenvalue weighted by molar-refractivity contribution is 5.94. The molecule has 2 aromatic rings. The molecule has 1 fully saturated rings. The van der Waals surface area contributed by atoms with Gasteiger partial charge in [-0.05, 0) is 25.1 Å². The Kier molecular flexibility index (Phi) is 4.06. The molecule has 0 unspecified atom stereocenters. The Hall–Kier alpha value is -2.38. The Morgan fingerprint density at radius 2 is 2.13 bits per heavy atom. The van der Waals surface area contributed by atoms with Crippen LogP contribution in [0.1, 0.15) is 27.9 Å². The zero-order chi connectivity index (χ0) is 16.6. The number of amides is 1. The number of benzene rings is 1. The van der Waals surface area contributed by atoms with Crippen LogP contribution in [0.2, 0.25) is 0 Å². The molecule has 1 amide bonds. The summed E-state index contributed by atoms with van der Waals surface area (Å²) in [6, 6.07) is 2.98. The van der Waals surface area contributed by atoms with E-state index < -0.39 is 30.1 Å². The van der Waals surface area contributed by atoms with Crippen molar-refractivity contribution >= 4 is 5.91 Å². The molecule has 1 aromatic heterocycles. The third-order valence-electron chi connectivity index (χ3n) is 4.04. The van der Waals surface area contributed by atoms with Gasteiger partial charge in [0.2, 0.25) is 0 Å². The molecule has 8 heteroatoms. The number of aromatic nitrogens is 3. The van der Waals surface area contributed by atoms with Crippen LogP contribution in [0.4, 0.5) is 13.2 Å². The Balaban J connectivity index is 1.81. The van der Waals surface area contributed by atoms with Crippen LogP contribution in [-0.2, 0) is 0 Å². The first kappa shape index (κ1) is 15.5. The van der Waals surface area contributed by atoms with E-state index in [0.717, 1.165) is 12.1 Å². The fourth-order valence-corrected chi connectivity index (χ4v) is 2.82. The van der Waals surface area contributed by atoms with Crippen molar-refractivity contribution in [2.45, 2.75) is 12.8 Å². The zero-order valence-corrected chi connectivity index (χ0v) is 12.4. The third kappa shape index (κ3) is 2.93. The highest BCUT2D eigenvalue weighted by Gasteiger charge is 2.38. The molecule has 3 rings (SSSR count). The minimum atomic E-state index is -1.08. The van der Waals surface area contributed by atoms with E-state index in [1.54, 1.807) is 6.92 Å². The molecule has 2 heterocycles. The van der Waals surface area contributed by atoms with E-state index in [1.165, 1.54) is 11.0 Å². The normalized spacial score (nSPS) is 21.0. The smallest absolute Gasteiger partial charge is 0.253 e. The number of rotatable bonds is 3. The van der Waals surface area contributed by atoms with E-state index >= 15 is 0 Å². The summed E-state index contributed by atoms with van der Waals surface area (Å²) in [5.41, 5.74) is 0.0355. The third-order valence-corrected chi connectivity index (χ3v) is 4.04. The fraction of sp³-hybridized carbons (Fsp3) is 0.400. The number of aromatic amines is 1. The van der Waals surface area contributed by atoms with Crippen molar-refractivity contribution in [2.75, 3.05) is 19.8 Å². The van der Waals surface area contributed by atoms with Crippen LogP contribution >= 0.6 is 0 Å². The molecular formula is C15H15F3N4O. The summed E-state index contributed by atoms with van der Waals surface area (Å²) in [7, 11) is 0. The molecule has 1 aromatic carbocycles. The summed E-state index contributed by atoms with van der Waals surface area (Å²) in [4.78, 5) is 18.0. The fourth-order valence-electron chi connectivity index (χ4n) is 2.82. The number of hydrogen-bond acceptors (Lipinski definition) is 3. The second-order valence-corrected chi connectivity index (χ2v) is 5.64. The average Bonchev–Trinajstić information content (AvgIpc) is 3.15. The number of H-pyrrole nitrogens is 1. The SMILES string of the molecule is Cc1nc([C@@H]2CN(C(=O)c3ccc(F)c(F)c3)C[C@H]2CF)n[nH]1. The van der Waals surface area contributed by atoms with Gasteiger partial charge in [-0.2, -0.15) is 5.10 Å². The summed E-state index contributed by atoms with van der Waals surface area (Å²) in [6.45, 7) is 1.55. The molecule has 122 valence electrons. The summed E-state index contributed by atoms with van der Waals surface area (Å²) >= 11 is 0. The van der Waals surface area contributed by atoms with Gasteiger partial charge in [0, 0.05) is 30.5 Å². The van der Waals surface area contributed by atoms with Crippen molar-refractivity contribution in [1.29, 1.82) is 0 Å². The van der Waals surface area contributed by atoms with Crippen LogP contribution < -0.4 is 0 Å². The molecule has 0 saturated carbocycles.